The van der Waals surface area contributed by atoms with Crippen LogP contribution < -0.4 is 10.6 Å². The highest BCUT2D eigenvalue weighted by atomic mass is 16.4. The maximum atomic E-state index is 11.8. The molecule has 0 radical (unpaired) electrons. The molecule has 0 fully saturated rings. The summed E-state index contributed by atoms with van der Waals surface area (Å²) in [7, 11) is 0. The molecule has 1 rings (SSSR count). The third kappa shape index (κ3) is 5.45. The van der Waals surface area contributed by atoms with E-state index in [4.69, 9.17) is 5.11 Å². The van der Waals surface area contributed by atoms with Crippen LogP contribution in [0, 0.1) is 26.7 Å². The first-order valence-corrected chi connectivity index (χ1v) is 7.16. The van der Waals surface area contributed by atoms with E-state index in [1.807, 2.05) is 32.9 Å². The Morgan fingerprint density at radius 3 is 2.29 bits per heavy atom. The van der Waals surface area contributed by atoms with Crippen LogP contribution in [0.5, 0.6) is 0 Å². The maximum Gasteiger partial charge on any atom is 0.319 e. The highest BCUT2D eigenvalue weighted by Gasteiger charge is 2.11. The van der Waals surface area contributed by atoms with Crippen molar-refractivity contribution in [1.29, 1.82) is 0 Å². The lowest BCUT2D eigenvalue weighted by atomic mass is 10.1. The van der Waals surface area contributed by atoms with Crippen LogP contribution in [-0.2, 0) is 4.79 Å². The van der Waals surface area contributed by atoms with Crippen LogP contribution in [0.4, 0.5) is 10.5 Å². The largest absolute Gasteiger partial charge is 0.481 e. The molecule has 1 unspecified atom stereocenters. The molecule has 1 aromatic rings. The van der Waals surface area contributed by atoms with Crippen LogP contribution >= 0.6 is 0 Å². The van der Waals surface area contributed by atoms with Gasteiger partial charge in [0.2, 0.25) is 0 Å². The SMILES string of the molecule is Cc1cc(C)c(NC(=O)NCCCC(C)C(=O)O)c(C)c1. The number of aryl methyl sites for hydroxylation is 3. The van der Waals surface area contributed by atoms with Crippen molar-refractivity contribution in [3.05, 3.63) is 28.8 Å². The molecule has 116 valence electrons. The van der Waals surface area contributed by atoms with E-state index >= 15 is 0 Å². The summed E-state index contributed by atoms with van der Waals surface area (Å²) in [4.78, 5) is 22.5. The summed E-state index contributed by atoms with van der Waals surface area (Å²) in [6.07, 6.45) is 1.20. The number of carboxylic acids is 1. The quantitative estimate of drug-likeness (QED) is 0.704. The minimum Gasteiger partial charge on any atom is -0.481 e. The van der Waals surface area contributed by atoms with Crippen molar-refractivity contribution in [3.8, 4) is 0 Å². The molecule has 0 aromatic heterocycles. The lowest BCUT2D eigenvalue weighted by Crippen LogP contribution is -2.30. The second kappa shape index (κ2) is 7.67. The molecule has 0 heterocycles. The van der Waals surface area contributed by atoms with Gasteiger partial charge in [-0.1, -0.05) is 24.6 Å². The van der Waals surface area contributed by atoms with Gasteiger partial charge in [-0.05, 0) is 44.7 Å². The van der Waals surface area contributed by atoms with E-state index in [9.17, 15) is 9.59 Å². The average Bonchev–Trinajstić information content (AvgIpc) is 2.38. The number of anilines is 1. The molecule has 3 N–H and O–H groups in total. The summed E-state index contributed by atoms with van der Waals surface area (Å²) in [5.74, 6) is -1.18. The van der Waals surface area contributed by atoms with Crippen molar-refractivity contribution in [1.82, 2.24) is 5.32 Å². The van der Waals surface area contributed by atoms with Gasteiger partial charge in [0.1, 0.15) is 0 Å². The van der Waals surface area contributed by atoms with E-state index in [-0.39, 0.29) is 11.9 Å². The van der Waals surface area contributed by atoms with Crippen molar-refractivity contribution in [2.24, 2.45) is 5.92 Å². The fourth-order valence-electron chi connectivity index (χ4n) is 2.27. The van der Waals surface area contributed by atoms with Gasteiger partial charge >= 0.3 is 12.0 Å². The Balaban J connectivity index is 2.43. The summed E-state index contributed by atoms with van der Waals surface area (Å²) in [5.41, 5.74) is 4.06. The molecular formula is C16H24N2O3. The average molecular weight is 292 g/mol. The Morgan fingerprint density at radius 2 is 1.76 bits per heavy atom. The molecule has 1 atom stereocenters. The van der Waals surface area contributed by atoms with Crippen LogP contribution in [0.1, 0.15) is 36.5 Å². The van der Waals surface area contributed by atoms with E-state index in [0.29, 0.717) is 19.4 Å². The predicted octanol–water partition coefficient (Wildman–Crippen LogP) is 3.23. The number of amides is 2. The molecule has 21 heavy (non-hydrogen) atoms. The Bertz CT molecular complexity index is 503. The molecule has 1 aromatic carbocycles. The van der Waals surface area contributed by atoms with Crippen molar-refractivity contribution in [2.75, 3.05) is 11.9 Å². The number of hydrogen-bond donors (Lipinski definition) is 3. The molecule has 0 aliphatic rings. The Hall–Kier alpha value is -2.04. The second-order valence-electron chi connectivity index (χ2n) is 5.54. The number of carbonyl (C=O) groups is 2. The number of carbonyl (C=O) groups excluding carboxylic acids is 1. The number of urea groups is 1. The number of benzene rings is 1. The molecule has 0 aliphatic carbocycles. The first kappa shape index (κ1) is 17.0. The number of carboxylic acid groups (broad SMARTS) is 1. The molecule has 0 aliphatic heterocycles. The van der Waals surface area contributed by atoms with Gasteiger partial charge in [0.05, 0.1) is 5.92 Å². The summed E-state index contributed by atoms with van der Waals surface area (Å²) >= 11 is 0. The molecular weight excluding hydrogens is 268 g/mol. The standard InChI is InChI=1S/C16H24N2O3/c1-10-8-12(3)14(13(4)9-10)18-16(21)17-7-5-6-11(2)15(19)20/h8-9,11H,5-7H2,1-4H3,(H,19,20)(H2,17,18,21). The predicted molar refractivity (Wildman–Crippen MR) is 83.7 cm³/mol. The fraction of sp³-hybridized carbons (Fsp3) is 0.500. The first-order valence-electron chi connectivity index (χ1n) is 7.16. The minimum absolute atomic E-state index is 0.256. The zero-order valence-electron chi connectivity index (χ0n) is 13.1. The van der Waals surface area contributed by atoms with Crippen LogP contribution in [0.2, 0.25) is 0 Å². The number of rotatable bonds is 6. The first-order chi connectivity index (χ1) is 9.81. The Kier molecular flexibility index (Phi) is 6.21. The molecule has 0 saturated heterocycles. The second-order valence-corrected chi connectivity index (χ2v) is 5.54. The number of aliphatic carboxylic acids is 1. The van der Waals surface area contributed by atoms with Crippen molar-refractivity contribution >= 4 is 17.7 Å². The van der Waals surface area contributed by atoms with E-state index in [0.717, 1.165) is 16.8 Å². The zero-order valence-corrected chi connectivity index (χ0v) is 13.1. The number of hydrogen-bond acceptors (Lipinski definition) is 2. The number of nitrogens with one attached hydrogen (secondary N) is 2. The third-order valence-corrected chi connectivity index (χ3v) is 3.44. The van der Waals surface area contributed by atoms with Crippen LogP contribution in [0.3, 0.4) is 0 Å². The molecule has 0 bridgehead atoms. The molecule has 2 amide bonds. The summed E-state index contributed by atoms with van der Waals surface area (Å²) in [6, 6.07) is 3.79. The minimum atomic E-state index is -0.801. The maximum absolute atomic E-state index is 11.8. The van der Waals surface area contributed by atoms with Crippen LogP contribution in [0.25, 0.3) is 0 Å². The van der Waals surface area contributed by atoms with Gasteiger partial charge in [-0.15, -0.1) is 0 Å². The van der Waals surface area contributed by atoms with Gasteiger partial charge in [-0.25, -0.2) is 4.79 Å². The molecule has 0 saturated carbocycles. The Labute approximate surface area is 125 Å². The van der Waals surface area contributed by atoms with Crippen molar-refractivity contribution in [2.45, 2.75) is 40.5 Å². The highest BCUT2D eigenvalue weighted by molar-refractivity contribution is 5.91. The van der Waals surface area contributed by atoms with Crippen LogP contribution in [-0.4, -0.2) is 23.7 Å². The summed E-state index contributed by atoms with van der Waals surface area (Å²) in [6.45, 7) is 8.08. The van der Waals surface area contributed by atoms with E-state index in [2.05, 4.69) is 10.6 Å². The topological polar surface area (TPSA) is 78.4 Å². The smallest absolute Gasteiger partial charge is 0.319 e. The normalized spacial score (nSPS) is 11.8. The van der Waals surface area contributed by atoms with Gasteiger partial charge in [0.15, 0.2) is 0 Å². The van der Waals surface area contributed by atoms with Crippen molar-refractivity contribution in [3.63, 3.8) is 0 Å². The van der Waals surface area contributed by atoms with Gasteiger partial charge < -0.3 is 15.7 Å². The molecule has 0 spiro atoms. The van der Waals surface area contributed by atoms with Crippen molar-refractivity contribution < 1.29 is 14.7 Å². The third-order valence-electron chi connectivity index (χ3n) is 3.44. The van der Waals surface area contributed by atoms with E-state index in [1.54, 1.807) is 6.92 Å². The summed E-state index contributed by atoms with van der Waals surface area (Å²) in [5, 5.41) is 14.4. The molecule has 5 heteroatoms. The van der Waals surface area contributed by atoms with Crippen LogP contribution in [0.15, 0.2) is 12.1 Å². The molecule has 5 nitrogen and oxygen atoms in total. The monoisotopic (exact) mass is 292 g/mol. The lowest BCUT2D eigenvalue weighted by molar-refractivity contribution is -0.141. The lowest BCUT2D eigenvalue weighted by Gasteiger charge is -2.14. The van der Waals surface area contributed by atoms with E-state index < -0.39 is 5.97 Å². The van der Waals surface area contributed by atoms with Gasteiger partial charge in [0.25, 0.3) is 0 Å². The highest BCUT2D eigenvalue weighted by Crippen LogP contribution is 2.21. The zero-order chi connectivity index (χ0) is 16.0. The van der Waals surface area contributed by atoms with Gasteiger partial charge in [0, 0.05) is 12.2 Å². The Morgan fingerprint density at radius 1 is 1.19 bits per heavy atom. The van der Waals surface area contributed by atoms with Gasteiger partial charge in [-0.2, -0.15) is 0 Å². The van der Waals surface area contributed by atoms with E-state index in [1.165, 1.54) is 5.56 Å². The summed E-state index contributed by atoms with van der Waals surface area (Å²) < 4.78 is 0. The van der Waals surface area contributed by atoms with Gasteiger partial charge in [-0.3, -0.25) is 4.79 Å². The fourth-order valence-corrected chi connectivity index (χ4v) is 2.27.